The van der Waals surface area contributed by atoms with Crippen molar-refractivity contribution in [3.05, 3.63) is 97.2 Å². The van der Waals surface area contributed by atoms with Crippen LogP contribution in [0.15, 0.2) is 97.2 Å². The highest BCUT2D eigenvalue weighted by Gasteiger charge is 2.30. The van der Waals surface area contributed by atoms with Crippen LogP contribution in [0.25, 0.3) is 0 Å². The number of phosphoric ester groups is 1. The molecule has 0 saturated heterocycles. The Hall–Kier alpha value is -3.07. The summed E-state index contributed by atoms with van der Waals surface area (Å²) in [6.07, 6.45) is 74.0. The molecule has 0 heterocycles. The van der Waals surface area contributed by atoms with E-state index < -0.39 is 20.0 Å². The molecule has 0 aromatic carbocycles. The first-order valence-corrected chi connectivity index (χ1v) is 32.6. The molecule has 0 fully saturated rings. The van der Waals surface area contributed by atoms with Crippen molar-refractivity contribution in [3.8, 4) is 0 Å². The average molecular weight is 1080 g/mol. The van der Waals surface area contributed by atoms with Gasteiger partial charge in [-0.25, -0.2) is 4.57 Å². The second-order valence-electron chi connectivity index (χ2n) is 21.9. The first-order valence-electron chi connectivity index (χ1n) is 31.1. The number of likely N-dealkylation sites (N-methyl/N-ethyl adjacent to an activating group) is 1. The molecule has 0 aliphatic rings. The van der Waals surface area contributed by atoms with Gasteiger partial charge in [0.15, 0.2) is 0 Å². The molecule has 3 atom stereocenters. The molecular formula is C66H118N2O7P+. The first kappa shape index (κ1) is 72.9. The van der Waals surface area contributed by atoms with E-state index in [2.05, 4.69) is 111 Å². The summed E-state index contributed by atoms with van der Waals surface area (Å²) in [5, 5.41) is 3.04. The van der Waals surface area contributed by atoms with Crippen LogP contribution in [0, 0.1) is 0 Å². The lowest BCUT2D eigenvalue weighted by Gasteiger charge is -2.27. The third kappa shape index (κ3) is 55.7. The molecule has 0 aliphatic carbocycles. The SMILES string of the molecule is CCCCC/C=C\C/C=C\C/C=C\C/C=C\CCCCCC(=O)OC(/C=C/CCCCCCCCCCCC)C(COP(=O)(O)OCC[N+](C)(C)C)NC(=O)CCCCCCCC/C=C\C/C=C\C/C=C\CCCCC. The minimum atomic E-state index is -4.47. The molecule has 0 rings (SSSR count). The number of carbonyl (C=O) groups excluding carboxylic acids is 2. The molecule has 76 heavy (non-hydrogen) atoms. The molecule has 3 unspecified atom stereocenters. The Morgan fingerprint density at radius 1 is 0.461 bits per heavy atom. The molecule has 2 N–H and O–H groups in total. The number of amides is 1. The Morgan fingerprint density at radius 3 is 1.24 bits per heavy atom. The van der Waals surface area contributed by atoms with Crippen LogP contribution in [0.3, 0.4) is 0 Å². The van der Waals surface area contributed by atoms with E-state index >= 15 is 0 Å². The Kier molecular flexibility index (Phi) is 53.0. The van der Waals surface area contributed by atoms with Crippen LogP contribution >= 0.6 is 7.82 Å². The van der Waals surface area contributed by atoms with Gasteiger partial charge in [-0.3, -0.25) is 18.6 Å². The standard InChI is InChI=1S/C66H117N2O7P/c1-7-10-13-16-19-22-25-28-30-32-34-36-38-40-43-46-49-52-55-58-65(69)67-63(62-74-76(71,72)73-61-60-68(4,5)6)64(57-54-51-48-45-42-27-24-21-18-15-12-9-3)75-66(70)59-56-53-50-47-44-41-39-37-35-33-31-29-26-23-20-17-14-11-8-2/h19-20,22-23,28-31,34-37,41,44,54,57,63-64H,7-18,21,24-27,32-33,38-40,42-43,45-53,55-56,58-62H2,1-6H3,(H-,67,69,71,72)/p+1/b22-19-,23-20-,30-28-,31-29-,36-34-,37-35-,44-41-,57-54+. The van der Waals surface area contributed by atoms with E-state index in [1.165, 1.54) is 103 Å². The van der Waals surface area contributed by atoms with E-state index in [4.69, 9.17) is 13.8 Å². The fourth-order valence-corrected chi connectivity index (χ4v) is 9.14. The highest BCUT2D eigenvalue weighted by Crippen LogP contribution is 2.43. The van der Waals surface area contributed by atoms with Crippen LogP contribution in [0.1, 0.15) is 258 Å². The minimum Gasteiger partial charge on any atom is -0.456 e. The quantitative estimate of drug-likeness (QED) is 0.0205. The third-order valence-electron chi connectivity index (χ3n) is 13.2. The number of nitrogens with zero attached hydrogens (tertiary/aromatic N) is 1. The van der Waals surface area contributed by atoms with Gasteiger partial charge >= 0.3 is 13.8 Å². The van der Waals surface area contributed by atoms with Crippen LogP contribution in [-0.4, -0.2) is 74.3 Å². The molecule has 0 radical (unpaired) electrons. The second-order valence-corrected chi connectivity index (χ2v) is 23.3. The predicted octanol–water partition coefficient (Wildman–Crippen LogP) is 19.2. The number of unbranched alkanes of at least 4 members (excludes halogenated alkanes) is 25. The van der Waals surface area contributed by atoms with Gasteiger partial charge in [0, 0.05) is 12.8 Å². The summed E-state index contributed by atoms with van der Waals surface area (Å²) in [5.74, 6) is -0.559. The molecule has 9 nitrogen and oxygen atoms in total. The third-order valence-corrected chi connectivity index (χ3v) is 14.2. The molecule has 438 valence electrons. The average Bonchev–Trinajstić information content (AvgIpc) is 3.38. The summed E-state index contributed by atoms with van der Waals surface area (Å²) in [4.78, 5) is 37.7. The number of esters is 1. The Labute approximate surface area is 468 Å². The van der Waals surface area contributed by atoms with Gasteiger partial charge in [0.05, 0.1) is 33.8 Å². The van der Waals surface area contributed by atoms with E-state index in [0.29, 0.717) is 23.9 Å². The van der Waals surface area contributed by atoms with Crippen LogP contribution in [0.4, 0.5) is 0 Å². The Balaban J connectivity index is 5.36. The normalized spacial score (nSPS) is 14.4. The zero-order chi connectivity index (χ0) is 55.7. The monoisotopic (exact) mass is 1080 g/mol. The lowest BCUT2D eigenvalue weighted by Crippen LogP contribution is -2.47. The minimum absolute atomic E-state index is 0.0275. The number of quaternary nitrogens is 1. The molecule has 10 heteroatoms. The van der Waals surface area contributed by atoms with Gasteiger partial charge in [0.25, 0.3) is 0 Å². The van der Waals surface area contributed by atoms with Gasteiger partial charge in [0.2, 0.25) is 5.91 Å². The largest absolute Gasteiger partial charge is 0.472 e. The summed E-state index contributed by atoms with van der Waals surface area (Å²) in [5.41, 5.74) is 0. The number of ether oxygens (including phenoxy) is 1. The van der Waals surface area contributed by atoms with Gasteiger partial charge in [0.1, 0.15) is 19.3 Å². The predicted molar refractivity (Wildman–Crippen MR) is 327 cm³/mol. The highest BCUT2D eigenvalue weighted by molar-refractivity contribution is 7.47. The van der Waals surface area contributed by atoms with E-state index in [1.54, 1.807) is 0 Å². The van der Waals surface area contributed by atoms with Crippen LogP contribution in [0.5, 0.6) is 0 Å². The summed E-state index contributed by atoms with van der Waals surface area (Å²) in [6.45, 7) is 6.92. The van der Waals surface area contributed by atoms with Crippen molar-refractivity contribution < 1.29 is 37.3 Å². The number of hydrogen-bond donors (Lipinski definition) is 2. The Bertz CT molecular complexity index is 1620. The fourth-order valence-electron chi connectivity index (χ4n) is 8.40. The van der Waals surface area contributed by atoms with Gasteiger partial charge in [-0.2, -0.15) is 0 Å². The summed E-state index contributed by atoms with van der Waals surface area (Å²) in [7, 11) is 1.46. The van der Waals surface area contributed by atoms with Gasteiger partial charge < -0.3 is 19.4 Å². The van der Waals surface area contributed by atoms with E-state index in [0.717, 1.165) is 116 Å². The van der Waals surface area contributed by atoms with Crippen molar-refractivity contribution in [2.75, 3.05) is 40.9 Å². The number of rotatable bonds is 55. The fraction of sp³-hybridized carbons (Fsp3) is 0.727. The van der Waals surface area contributed by atoms with E-state index in [-0.39, 0.29) is 31.5 Å². The number of phosphoric acid groups is 1. The van der Waals surface area contributed by atoms with Gasteiger partial charge in [-0.15, -0.1) is 0 Å². The van der Waals surface area contributed by atoms with Gasteiger partial charge in [-0.05, 0) is 115 Å². The Morgan fingerprint density at radius 2 is 0.803 bits per heavy atom. The van der Waals surface area contributed by atoms with Crippen molar-refractivity contribution in [3.63, 3.8) is 0 Å². The van der Waals surface area contributed by atoms with Crippen LogP contribution in [0.2, 0.25) is 0 Å². The number of allylic oxidation sites excluding steroid dienone is 15. The molecule has 0 aromatic rings. The molecule has 0 bridgehead atoms. The van der Waals surface area contributed by atoms with Gasteiger partial charge in [-0.1, -0.05) is 227 Å². The second kappa shape index (κ2) is 55.3. The van der Waals surface area contributed by atoms with Crippen molar-refractivity contribution >= 4 is 19.7 Å². The maximum absolute atomic E-state index is 13.5. The lowest BCUT2D eigenvalue weighted by molar-refractivity contribution is -0.870. The molecule has 0 aliphatic heterocycles. The highest BCUT2D eigenvalue weighted by atomic mass is 31.2. The van der Waals surface area contributed by atoms with Crippen molar-refractivity contribution in [1.29, 1.82) is 0 Å². The zero-order valence-electron chi connectivity index (χ0n) is 50.0. The summed E-state index contributed by atoms with van der Waals surface area (Å²) < 4.78 is 30.7. The molecule has 0 saturated carbocycles. The topological polar surface area (TPSA) is 111 Å². The first-order chi connectivity index (χ1) is 36.9. The number of carbonyl (C=O) groups is 2. The lowest BCUT2D eigenvalue weighted by atomic mass is 10.0. The smallest absolute Gasteiger partial charge is 0.456 e. The van der Waals surface area contributed by atoms with E-state index in [1.807, 2.05) is 33.3 Å². The maximum atomic E-state index is 13.5. The van der Waals surface area contributed by atoms with Crippen molar-refractivity contribution in [2.24, 2.45) is 0 Å². The summed E-state index contributed by atoms with van der Waals surface area (Å²) in [6, 6.07) is -0.874. The van der Waals surface area contributed by atoms with E-state index in [9.17, 15) is 19.0 Å². The van der Waals surface area contributed by atoms with Crippen molar-refractivity contribution in [1.82, 2.24) is 5.32 Å². The maximum Gasteiger partial charge on any atom is 0.472 e. The van der Waals surface area contributed by atoms with Crippen LogP contribution < -0.4 is 5.32 Å². The molecule has 1 amide bonds. The zero-order valence-corrected chi connectivity index (χ0v) is 50.9. The van der Waals surface area contributed by atoms with Crippen LogP contribution in [-0.2, 0) is 27.9 Å². The van der Waals surface area contributed by atoms with Crippen molar-refractivity contribution in [2.45, 2.75) is 270 Å². The number of nitrogens with one attached hydrogen (secondary N) is 1. The molecular weight excluding hydrogens is 964 g/mol. The summed E-state index contributed by atoms with van der Waals surface area (Å²) >= 11 is 0. The molecule has 0 aromatic heterocycles. The number of hydrogen-bond acceptors (Lipinski definition) is 6. The molecule has 0 spiro atoms.